The van der Waals surface area contributed by atoms with Gasteiger partial charge in [-0.25, -0.2) is 14.3 Å². The summed E-state index contributed by atoms with van der Waals surface area (Å²) in [7, 11) is 0. The van der Waals surface area contributed by atoms with E-state index in [1.165, 1.54) is 6.92 Å². The predicted octanol–water partition coefficient (Wildman–Crippen LogP) is 3.09. The van der Waals surface area contributed by atoms with E-state index in [2.05, 4.69) is 25.7 Å². The molecule has 0 unspecified atom stereocenters. The van der Waals surface area contributed by atoms with Gasteiger partial charge >= 0.3 is 5.97 Å². The molecular formula is C19H18N6O3. The number of carbonyl (C=O) groups is 2. The zero-order chi connectivity index (χ0) is 19.7. The Morgan fingerprint density at radius 2 is 1.86 bits per heavy atom. The highest BCUT2D eigenvalue weighted by Gasteiger charge is 2.13. The Morgan fingerprint density at radius 1 is 1.11 bits per heavy atom. The number of esters is 1. The Kier molecular flexibility index (Phi) is 4.40. The number of fused-ring (bicyclic) bond motifs is 3. The van der Waals surface area contributed by atoms with Crippen LogP contribution in [0.2, 0.25) is 0 Å². The largest absolute Gasteiger partial charge is 0.462 e. The Balaban J connectivity index is 1.58. The maximum absolute atomic E-state index is 11.9. The van der Waals surface area contributed by atoms with Crippen LogP contribution in [0, 0.1) is 0 Å². The van der Waals surface area contributed by atoms with Gasteiger partial charge in [0, 0.05) is 18.3 Å². The van der Waals surface area contributed by atoms with Gasteiger partial charge in [0.15, 0.2) is 0 Å². The third kappa shape index (κ3) is 3.37. The summed E-state index contributed by atoms with van der Waals surface area (Å²) in [6, 6.07) is 12.4. The molecule has 0 fully saturated rings. The molecule has 3 N–H and O–H groups in total. The molecule has 0 atom stereocenters. The maximum Gasteiger partial charge on any atom is 0.338 e. The van der Waals surface area contributed by atoms with Crippen molar-refractivity contribution in [2.45, 2.75) is 13.8 Å². The molecule has 0 aliphatic carbocycles. The molecule has 1 amide bonds. The summed E-state index contributed by atoms with van der Waals surface area (Å²) < 4.78 is 6.75. The van der Waals surface area contributed by atoms with Crippen molar-refractivity contribution in [3.63, 3.8) is 0 Å². The molecule has 4 rings (SSSR count). The summed E-state index contributed by atoms with van der Waals surface area (Å²) in [4.78, 5) is 31.8. The van der Waals surface area contributed by atoms with Gasteiger partial charge in [-0.3, -0.25) is 9.89 Å². The van der Waals surface area contributed by atoms with Gasteiger partial charge in [-0.1, -0.05) is 0 Å². The molecule has 0 aliphatic heterocycles. The van der Waals surface area contributed by atoms with Gasteiger partial charge in [0.2, 0.25) is 11.9 Å². The second-order valence-electron chi connectivity index (χ2n) is 6.13. The Hall–Kier alpha value is -3.88. The smallest absolute Gasteiger partial charge is 0.338 e. The fourth-order valence-electron chi connectivity index (χ4n) is 2.86. The molecule has 0 radical (unpaired) electrons. The monoisotopic (exact) mass is 378 g/mol. The Labute approximate surface area is 159 Å². The van der Waals surface area contributed by atoms with Crippen molar-refractivity contribution in [1.82, 2.24) is 19.6 Å². The van der Waals surface area contributed by atoms with E-state index in [4.69, 9.17) is 4.74 Å². The fourth-order valence-corrected chi connectivity index (χ4v) is 2.86. The van der Waals surface area contributed by atoms with E-state index in [0.717, 1.165) is 16.9 Å². The van der Waals surface area contributed by atoms with Gasteiger partial charge in [-0.15, -0.1) is 0 Å². The number of aromatic amines is 1. The second-order valence-corrected chi connectivity index (χ2v) is 6.13. The van der Waals surface area contributed by atoms with Crippen LogP contribution in [0.15, 0.2) is 42.5 Å². The summed E-state index contributed by atoms with van der Waals surface area (Å²) in [6.45, 7) is 3.55. The van der Waals surface area contributed by atoms with E-state index in [1.807, 2.05) is 12.1 Å². The van der Waals surface area contributed by atoms with Crippen molar-refractivity contribution in [1.29, 1.82) is 0 Å². The minimum Gasteiger partial charge on any atom is -0.462 e. The van der Waals surface area contributed by atoms with Crippen molar-refractivity contribution in [2.24, 2.45) is 0 Å². The molecule has 2 aromatic heterocycles. The summed E-state index contributed by atoms with van der Waals surface area (Å²) in [5, 5.41) is 9.01. The number of ether oxygens (including phenoxy) is 1. The van der Waals surface area contributed by atoms with Crippen LogP contribution in [0.5, 0.6) is 0 Å². The van der Waals surface area contributed by atoms with Gasteiger partial charge in [0.1, 0.15) is 0 Å². The number of hydrogen-bond acceptors (Lipinski definition) is 6. The van der Waals surface area contributed by atoms with E-state index in [9.17, 15) is 9.59 Å². The molecule has 142 valence electrons. The molecule has 0 saturated heterocycles. The number of amides is 1. The summed E-state index contributed by atoms with van der Waals surface area (Å²) in [5.41, 5.74) is 3.42. The number of anilines is 3. The van der Waals surface area contributed by atoms with E-state index < -0.39 is 0 Å². The molecule has 9 nitrogen and oxygen atoms in total. The molecule has 0 bridgehead atoms. The highest BCUT2D eigenvalue weighted by Crippen LogP contribution is 2.21. The summed E-state index contributed by atoms with van der Waals surface area (Å²) >= 11 is 0. The second kappa shape index (κ2) is 7.03. The van der Waals surface area contributed by atoms with Gasteiger partial charge in [-0.05, 0) is 49.4 Å². The molecule has 4 aromatic rings. The molecule has 2 aromatic carbocycles. The topological polar surface area (TPSA) is 113 Å². The van der Waals surface area contributed by atoms with Crippen LogP contribution in [-0.4, -0.2) is 38.1 Å². The predicted molar refractivity (Wildman–Crippen MR) is 105 cm³/mol. The lowest BCUT2D eigenvalue weighted by Crippen LogP contribution is -2.05. The zero-order valence-electron chi connectivity index (χ0n) is 15.3. The molecule has 28 heavy (non-hydrogen) atoms. The van der Waals surface area contributed by atoms with Gasteiger partial charge in [0.25, 0.3) is 5.78 Å². The number of benzene rings is 2. The number of nitrogens with one attached hydrogen (secondary N) is 3. The third-order valence-electron chi connectivity index (χ3n) is 4.05. The van der Waals surface area contributed by atoms with E-state index in [-0.39, 0.29) is 11.9 Å². The van der Waals surface area contributed by atoms with Gasteiger partial charge in [-0.2, -0.15) is 4.98 Å². The maximum atomic E-state index is 11.9. The van der Waals surface area contributed by atoms with E-state index in [0.29, 0.717) is 29.4 Å². The molecule has 9 heteroatoms. The SMILES string of the molecule is CCOC(=O)c1ccc2c(c1)nc1nc(Nc3ccc(NC(C)=O)cc3)[nH]n12. The van der Waals surface area contributed by atoms with Crippen LogP contribution < -0.4 is 10.6 Å². The first-order valence-electron chi connectivity index (χ1n) is 8.73. The lowest BCUT2D eigenvalue weighted by atomic mass is 10.2. The van der Waals surface area contributed by atoms with Crippen molar-refractivity contribution in [3.05, 3.63) is 48.0 Å². The first-order valence-corrected chi connectivity index (χ1v) is 8.73. The van der Waals surface area contributed by atoms with Crippen LogP contribution in [-0.2, 0) is 9.53 Å². The standard InChI is InChI=1S/C19H18N6O3/c1-3-28-17(27)12-4-9-16-15(10-12)22-19-23-18(24-25(16)19)21-14-7-5-13(6-8-14)20-11(2)26/h4-10H,3H2,1-2H3,(H,20,26)(H2,21,22,23,24). The van der Waals surface area contributed by atoms with Crippen LogP contribution in [0.25, 0.3) is 16.8 Å². The number of hydrogen-bond donors (Lipinski definition) is 3. The van der Waals surface area contributed by atoms with Crippen LogP contribution in [0.3, 0.4) is 0 Å². The first kappa shape index (κ1) is 17.5. The quantitative estimate of drug-likeness (QED) is 0.460. The highest BCUT2D eigenvalue weighted by atomic mass is 16.5. The molecule has 0 spiro atoms. The molecule has 0 saturated carbocycles. The number of H-pyrrole nitrogens is 1. The number of carbonyl (C=O) groups excluding carboxylic acids is 2. The number of rotatable bonds is 5. The zero-order valence-corrected chi connectivity index (χ0v) is 15.3. The van der Waals surface area contributed by atoms with Crippen LogP contribution in [0.1, 0.15) is 24.2 Å². The lowest BCUT2D eigenvalue weighted by molar-refractivity contribution is -0.114. The van der Waals surface area contributed by atoms with Gasteiger partial charge < -0.3 is 15.4 Å². The number of imidazole rings is 1. The van der Waals surface area contributed by atoms with E-state index in [1.54, 1.807) is 41.8 Å². The van der Waals surface area contributed by atoms with E-state index >= 15 is 0 Å². The average Bonchev–Trinajstić information content (AvgIpc) is 3.19. The normalized spacial score (nSPS) is 10.9. The summed E-state index contributed by atoms with van der Waals surface area (Å²) in [6.07, 6.45) is 0. The first-order chi connectivity index (χ1) is 13.5. The van der Waals surface area contributed by atoms with Crippen molar-refractivity contribution < 1.29 is 14.3 Å². The van der Waals surface area contributed by atoms with Crippen LogP contribution >= 0.6 is 0 Å². The highest BCUT2D eigenvalue weighted by molar-refractivity contribution is 5.94. The van der Waals surface area contributed by atoms with Gasteiger partial charge in [0.05, 0.1) is 23.2 Å². The fraction of sp³-hybridized carbons (Fsp3) is 0.158. The molecular weight excluding hydrogens is 360 g/mol. The number of aromatic nitrogens is 4. The van der Waals surface area contributed by atoms with Crippen molar-refractivity contribution in [2.75, 3.05) is 17.2 Å². The van der Waals surface area contributed by atoms with Crippen molar-refractivity contribution in [3.8, 4) is 0 Å². The minimum atomic E-state index is -0.376. The summed E-state index contributed by atoms with van der Waals surface area (Å²) in [5.74, 6) is 0.504. The minimum absolute atomic E-state index is 0.119. The lowest BCUT2D eigenvalue weighted by Gasteiger charge is -2.05. The average molecular weight is 378 g/mol. The molecule has 2 heterocycles. The number of nitrogens with zero attached hydrogens (tertiary/aromatic N) is 3. The third-order valence-corrected chi connectivity index (χ3v) is 4.05. The van der Waals surface area contributed by atoms with Crippen LogP contribution in [0.4, 0.5) is 17.3 Å². The molecule has 0 aliphatic rings. The van der Waals surface area contributed by atoms with Crippen molar-refractivity contribution >= 4 is 46.0 Å². The Bertz CT molecular complexity index is 1180. The Morgan fingerprint density at radius 3 is 2.57 bits per heavy atom.